The maximum Gasteiger partial charge on any atom is 0.228 e. The summed E-state index contributed by atoms with van der Waals surface area (Å²) in [4.78, 5) is 26.5. The molecule has 1 atom stereocenters. The fourth-order valence-electron chi connectivity index (χ4n) is 4.53. The van der Waals surface area contributed by atoms with Crippen LogP contribution in [-0.4, -0.2) is 49.9 Å². The van der Waals surface area contributed by atoms with Crippen LogP contribution in [-0.2, 0) is 26.0 Å². The van der Waals surface area contributed by atoms with Crippen LogP contribution in [0.25, 0.3) is 0 Å². The molecule has 176 valence electrons. The Hall–Kier alpha value is -2.71. The smallest absolute Gasteiger partial charge is 0.228 e. The van der Waals surface area contributed by atoms with Crippen molar-refractivity contribution in [3.8, 4) is 0 Å². The molecule has 2 aromatic carbocycles. The summed E-state index contributed by atoms with van der Waals surface area (Å²) in [5.41, 5.74) is 2.61. The van der Waals surface area contributed by atoms with Crippen molar-refractivity contribution in [3.63, 3.8) is 0 Å². The molecule has 8 heteroatoms. The number of nitrogens with zero attached hydrogens (tertiary/aromatic N) is 2. The Balaban J connectivity index is 1.30. The van der Waals surface area contributed by atoms with Crippen molar-refractivity contribution in [2.45, 2.75) is 38.5 Å². The van der Waals surface area contributed by atoms with Gasteiger partial charge < -0.3 is 10.2 Å². The largest absolute Gasteiger partial charge is 0.326 e. The number of sulfonamides is 1. The van der Waals surface area contributed by atoms with Gasteiger partial charge in [-0.05, 0) is 61.9 Å². The zero-order valence-electron chi connectivity index (χ0n) is 18.8. The van der Waals surface area contributed by atoms with Gasteiger partial charge in [-0.1, -0.05) is 30.3 Å². The highest BCUT2D eigenvalue weighted by Gasteiger charge is 2.32. The number of piperidine rings is 1. The Labute approximate surface area is 195 Å². The van der Waals surface area contributed by atoms with E-state index in [0.29, 0.717) is 37.9 Å². The molecule has 2 aliphatic rings. The third kappa shape index (κ3) is 6.00. The van der Waals surface area contributed by atoms with E-state index in [0.717, 1.165) is 30.6 Å². The van der Waals surface area contributed by atoms with Crippen LogP contribution in [0.15, 0.2) is 54.6 Å². The fraction of sp³-hybridized carbons (Fsp3) is 0.440. The first kappa shape index (κ1) is 23.4. The van der Waals surface area contributed by atoms with Crippen LogP contribution in [0, 0.1) is 5.92 Å². The van der Waals surface area contributed by atoms with Crippen molar-refractivity contribution in [2.24, 2.45) is 5.92 Å². The van der Waals surface area contributed by atoms with Gasteiger partial charge in [0.2, 0.25) is 21.8 Å². The van der Waals surface area contributed by atoms with Crippen molar-refractivity contribution < 1.29 is 18.0 Å². The van der Waals surface area contributed by atoms with E-state index in [9.17, 15) is 18.0 Å². The molecule has 2 heterocycles. The highest BCUT2D eigenvalue weighted by atomic mass is 32.2. The second-order valence-corrected chi connectivity index (χ2v) is 10.9. The fourth-order valence-corrected chi connectivity index (χ4v) is 6.11. The summed E-state index contributed by atoms with van der Waals surface area (Å²) < 4.78 is 27.2. The van der Waals surface area contributed by atoms with Gasteiger partial charge in [0.05, 0.1) is 11.7 Å². The van der Waals surface area contributed by atoms with Crippen LogP contribution in [0.3, 0.4) is 0 Å². The summed E-state index contributed by atoms with van der Waals surface area (Å²) in [5.74, 6) is -0.321. The normalized spacial score (nSPS) is 19.6. The predicted octanol–water partition coefficient (Wildman–Crippen LogP) is 3.43. The van der Waals surface area contributed by atoms with Gasteiger partial charge in [-0.3, -0.25) is 9.59 Å². The lowest BCUT2D eigenvalue weighted by molar-refractivity contribution is -0.121. The summed E-state index contributed by atoms with van der Waals surface area (Å²) >= 11 is 0. The molecule has 2 aromatic rings. The molecule has 2 saturated heterocycles. The number of rotatable bonds is 8. The molecular weight excluding hydrogens is 438 g/mol. The Bertz CT molecular complexity index is 1070. The molecular formula is C25H31N3O4S. The number of nitrogens with one attached hydrogen (secondary N) is 1. The van der Waals surface area contributed by atoms with Crippen LogP contribution >= 0.6 is 0 Å². The van der Waals surface area contributed by atoms with Crippen molar-refractivity contribution >= 4 is 33.2 Å². The minimum Gasteiger partial charge on any atom is -0.326 e. The number of amides is 2. The third-order valence-corrected chi connectivity index (χ3v) is 8.30. The topological polar surface area (TPSA) is 86.8 Å². The van der Waals surface area contributed by atoms with Crippen LogP contribution < -0.4 is 10.2 Å². The maximum absolute atomic E-state index is 12.9. The minimum atomic E-state index is -3.40. The molecule has 1 N–H and O–H groups in total. The zero-order valence-corrected chi connectivity index (χ0v) is 19.6. The zero-order chi connectivity index (χ0) is 23.3. The van der Waals surface area contributed by atoms with E-state index in [4.69, 9.17) is 0 Å². The van der Waals surface area contributed by atoms with Crippen molar-refractivity contribution in [1.82, 2.24) is 4.31 Å². The van der Waals surface area contributed by atoms with Gasteiger partial charge in [-0.25, -0.2) is 12.7 Å². The van der Waals surface area contributed by atoms with E-state index in [1.165, 1.54) is 4.31 Å². The Morgan fingerprint density at radius 1 is 1.00 bits per heavy atom. The van der Waals surface area contributed by atoms with Gasteiger partial charge in [0, 0.05) is 37.4 Å². The SMILES string of the molecule is O=C(Nc1ccc(N2CCCC2=O)cc1)[C@@H]1CCCN(S(=O)(=O)CCCc2ccccc2)C1. The third-order valence-electron chi connectivity index (χ3n) is 6.38. The molecule has 2 amide bonds. The Morgan fingerprint density at radius 2 is 1.76 bits per heavy atom. The average Bonchev–Trinajstić information content (AvgIpc) is 3.26. The molecule has 0 radical (unpaired) electrons. The number of aryl methyl sites for hydroxylation is 1. The van der Waals surface area contributed by atoms with Gasteiger partial charge in [-0.15, -0.1) is 0 Å². The lowest BCUT2D eigenvalue weighted by Crippen LogP contribution is -2.44. The lowest BCUT2D eigenvalue weighted by Gasteiger charge is -2.31. The second-order valence-electron chi connectivity index (χ2n) is 8.79. The van der Waals surface area contributed by atoms with Crippen molar-refractivity contribution in [3.05, 3.63) is 60.2 Å². The Kier molecular flexibility index (Phi) is 7.45. The lowest BCUT2D eigenvalue weighted by atomic mass is 9.98. The predicted molar refractivity (Wildman–Crippen MR) is 130 cm³/mol. The van der Waals surface area contributed by atoms with E-state index in [2.05, 4.69) is 5.32 Å². The number of carbonyl (C=O) groups excluding carboxylic acids is 2. The first-order chi connectivity index (χ1) is 15.9. The molecule has 7 nitrogen and oxygen atoms in total. The van der Waals surface area contributed by atoms with Gasteiger partial charge in [0.25, 0.3) is 0 Å². The number of benzene rings is 2. The van der Waals surface area contributed by atoms with Gasteiger partial charge in [0.1, 0.15) is 0 Å². The van der Waals surface area contributed by atoms with Gasteiger partial charge in [-0.2, -0.15) is 0 Å². The monoisotopic (exact) mass is 469 g/mol. The molecule has 0 aromatic heterocycles. The van der Waals surface area contributed by atoms with E-state index in [1.807, 2.05) is 42.5 Å². The number of anilines is 2. The number of hydrogen-bond donors (Lipinski definition) is 1. The molecule has 0 unspecified atom stereocenters. The Morgan fingerprint density at radius 3 is 2.45 bits per heavy atom. The van der Waals surface area contributed by atoms with E-state index in [1.54, 1.807) is 17.0 Å². The number of carbonyl (C=O) groups is 2. The minimum absolute atomic E-state index is 0.0902. The standard InChI is InChI=1S/C25H31N3O4S/c29-24-11-5-17-28(24)23-14-12-22(13-15-23)26-25(30)21-10-4-16-27(19-21)33(31,32)18-6-9-20-7-2-1-3-8-20/h1-3,7-8,12-15,21H,4-6,9-11,16-19H2,(H,26,30)/t21-/m1/s1. The summed E-state index contributed by atoms with van der Waals surface area (Å²) in [6.07, 6.45) is 4.06. The number of hydrogen-bond acceptors (Lipinski definition) is 4. The average molecular weight is 470 g/mol. The van der Waals surface area contributed by atoms with Crippen LogP contribution in [0.4, 0.5) is 11.4 Å². The van der Waals surface area contributed by atoms with Crippen LogP contribution in [0.5, 0.6) is 0 Å². The molecule has 33 heavy (non-hydrogen) atoms. The molecule has 0 aliphatic carbocycles. The molecule has 2 fully saturated rings. The summed E-state index contributed by atoms with van der Waals surface area (Å²) in [6, 6.07) is 17.1. The van der Waals surface area contributed by atoms with Crippen molar-refractivity contribution in [1.29, 1.82) is 0 Å². The van der Waals surface area contributed by atoms with E-state index < -0.39 is 10.0 Å². The summed E-state index contributed by atoms with van der Waals surface area (Å²) in [5, 5.41) is 2.91. The molecule has 0 spiro atoms. The molecule has 0 saturated carbocycles. The first-order valence-electron chi connectivity index (χ1n) is 11.7. The molecule has 0 bridgehead atoms. The van der Waals surface area contributed by atoms with Gasteiger partial charge in [0.15, 0.2) is 0 Å². The molecule has 2 aliphatic heterocycles. The summed E-state index contributed by atoms with van der Waals surface area (Å²) in [6.45, 7) is 1.41. The van der Waals surface area contributed by atoms with Crippen LogP contribution in [0.1, 0.15) is 37.7 Å². The second kappa shape index (κ2) is 10.5. The maximum atomic E-state index is 12.9. The quantitative estimate of drug-likeness (QED) is 0.642. The first-order valence-corrected chi connectivity index (χ1v) is 13.3. The van der Waals surface area contributed by atoms with Crippen LogP contribution in [0.2, 0.25) is 0 Å². The van der Waals surface area contributed by atoms with Gasteiger partial charge >= 0.3 is 0 Å². The highest BCUT2D eigenvalue weighted by molar-refractivity contribution is 7.89. The summed E-state index contributed by atoms with van der Waals surface area (Å²) in [7, 11) is -3.40. The highest BCUT2D eigenvalue weighted by Crippen LogP contribution is 2.25. The van der Waals surface area contributed by atoms with E-state index in [-0.39, 0.29) is 30.0 Å². The molecule has 4 rings (SSSR count). The van der Waals surface area contributed by atoms with E-state index >= 15 is 0 Å². The van der Waals surface area contributed by atoms with Crippen molar-refractivity contribution in [2.75, 3.05) is 35.6 Å².